The molecule has 0 atom stereocenters. The SMILES string of the molecule is Clc1ccc(-c2cccc3oc4ccccc4c23)cc1.Nc1ccc(-c2cccc3c2oc2ccccc23)cc1.c1ccc2c(c1)oc1c(-c3ccc(N(c4ccc(-c5cccc6oc7ccccc7c56)cc4)c4ccc(-c5cccc6oc7ccccc7c56)cc4)cc3)cccc12. The highest BCUT2D eigenvalue weighted by molar-refractivity contribution is 6.30. The fourth-order valence-corrected chi connectivity index (χ4v) is 14.2. The van der Waals surface area contributed by atoms with Gasteiger partial charge in [-0.05, 0) is 154 Å². The third kappa shape index (κ3) is 10.2. The Balaban J connectivity index is 0.000000140. The summed E-state index contributed by atoms with van der Waals surface area (Å²) in [4.78, 5) is 2.32. The van der Waals surface area contributed by atoms with Crippen molar-refractivity contribution in [2.45, 2.75) is 0 Å². The molecule has 0 saturated heterocycles. The second-order valence-corrected chi connectivity index (χ2v) is 24.9. The second-order valence-electron chi connectivity index (χ2n) is 24.5. The summed E-state index contributed by atoms with van der Waals surface area (Å²) in [5.41, 5.74) is 30.0. The zero-order valence-electron chi connectivity index (χ0n) is 52.7. The number of benzene rings is 15. The smallest absolute Gasteiger partial charge is 0.143 e. The van der Waals surface area contributed by atoms with E-state index in [4.69, 9.17) is 39.4 Å². The van der Waals surface area contributed by atoms with Crippen molar-refractivity contribution >= 4 is 144 Å². The van der Waals surface area contributed by atoms with Gasteiger partial charge in [-0.15, -0.1) is 0 Å². The van der Waals surface area contributed by atoms with Gasteiger partial charge in [0.25, 0.3) is 0 Å². The number of nitrogens with zero attached hydrogens (tertiary/aromatic N) is 1. The molecule has 8 heteroatoms. The highest BCUT2D eigenvalue weighted by Gasteiger charge is 2.20. The van der Waals surface area contributed by atoms with Gasteiger partial charge in [-0.1, -0.05) is 236 Å². The van der Waals surface area contributed by atoms with Gasteiger partial charge in [0, 0.05) is 92.8 Å². The molecule has 20 rings (SSSR count). The molecule has 15 aromatic carbocycles. The zero-order valence-corrected chi connectivity index (χ0v) is 53.5. The van der Waals surface area contributed by atoms with Crippen molar-refractivity contribution in [2.75, 3.05) is 10.6 Å². The van der Waals surface area contributed by atoms with Crippen molar-refractivity contribution in [3.05, 3.63) is 339 Å². The van der Waals surface area contributed by atoms with Crippen LogP contribution >= 0.6 is 11.6 Å². The number of rotatable bonds is 8. The number of furan rings is 5. The summed E-state index contributed by atoms with van der Waals surface area (Å²) >= 11 is 5.97. The van der Waals surface area contributed by atoms with Crippen LogP contribution in [-0.4, -0.2) is 0 Å². The zero-order chi connectivity index (χ0) is 65.2. The molecule has 7 nitrogen and oxygen atoms in total. The fraction of sp³-hybridized carbons (Fsp3) is 0. The molecule has 0 amide bonds. The van der Waals surface area contributed by atoms with E-state index in [1.54, 1.807) is 0 Å². The molecule has 5 aromatic heterocycles. The third-order valence-electron chi connectivity index (χ3n) is 18.7. The monoisotopic (exact) mass is 1280 g/mol. The molecular weight excluding hydrogens is 1220 g/mol. The Labute approximate surface area is 567 Å². The van der Waals surface area contributed by atoms with E-state index in [-0.39, 0.29) is 0 Å². The van der Waals surface area contributed by atoms with Crippen molar-refractivity contribution in [1.82, 2.24) is 0 Å². The average Bonchev–Trinajstić information content (AvgIpc) is 1.63. The van der Waals surface area contributed by atoms with Crippen LogP contribution in [0.5, 0.6) is 0 Å². The predicted octanol–water partition coefficient (Wildman–Crippen LogP) is 26.6. The number of hydrogen-bond acceptors (Lipinski definition) is 7. The summed E-state index contributed by atoms with van der Waals surface area (Å²) in [6.07, 6.45) is 0. The van der Waals surface area contributed by atoms with Crippen molar-refractivity contribution in [1.29, 1.82) is 0 Å². The highest BCUT2D eigenvalue weighted by atomic mass is 35.5. The average molecular weight is 1280 g/mol. The number of para-hydroxylation sites is 7. The van der Waals surface area contributed by atoms with Crippen molar-refractivity contribution < 1.29 is 22.1 Å². The van der Waals surface area contributed by atoms with Gasteiger partial charge in [0.1, 0.15) is 55.8 Å². The second kappa shape index (κ2) is 24.2. The number of fused-ring (bicyclic) bond motifs is 15. The van der Waals surface area contributed by atoms with Gasteiger partial charge < -0.3 is 32.7 Å². The molecule has 0 bridgehead atoms. The lowest BCUT2D eigenvalue weighted by molar-refractivity contribution is 0.668. The number of hydrogen-bond donors (Lipinski definition) is 1. The molecule has 464 valence electrons. The van der Waals surface area contributed by atoms with Gasteiger partial charge in [0.2, 0.25) is 0 Å². The van der Waals surface area contributed by atoms with Crippen LogP contribution in [0.1, 0.15) is 0 Å². The van der Waals surface area contributed by atoms with Crippen molar-refractivity contribution in [3.8, 4) is 55.6 Å². The molecule has 0 radical (unpaired) electrons. The molecule has 2 N–H and O–H groups in total. The number of nitrogens with two attached hydrogens (primary N) is 1. The Morgan fingerprint density at radius 3 is 0.827 bits per heavy atom. The molecule has 0 saturated carbocycles. The maximum atomic E-state index is 6.42. The maximum absolute atomic E-state index is 6.42. The van der Waals surface area contributed by atoms with E-state index in [2.05, 4.69) is 193 Å². The summed E-state index contributed by atoms with van der Waals surface area (Å²) in [5, 5.41) is 12.1. The first-order valence-electron chi connectivity index (χ1n) is 32.7. The normalized spacial score (nSPS) is 11.6. The minimum Gasteiger partial charge on any atom is -0.456 e. The lowest BCUT2D eigenvalue weighted by atomic mass is 9.98. The molecule has 0 unspecified atom stereocenters. The van der Waals surface area contributed by atoms with Crippen LogP contribution in [0.15, 0.2) is 356 Å². The lowest BCUT2D eigenvalue weighted by Gasteiger charge is -2.26. The van der Waals surface area contributed by atoms with Gasteiger partial charge >= 0.3 is 0 Å². The third-order valence-corrected chi connectivity index (χ3v) is 19.0. The van der Waals surface area contributed by atoms with Gasteiger partial charge in [0.15, 0.2) is 0 Å². The summed E-state index contributed by atoms with van der Waals surface area (Å²) in [6, 6.07) is 115. The molecule has 20 aromatic rings. The Morgan fingerprint density at radius 1 is 0.214 bits per heavy atom. The number of nitrogen functional groups attached to an aromatic ring is 1. The molecule has 0 spiro atoms. The van der Waals surface area contributed by atoms with Gasteiger partial charge in [-0.25, -0.2) is 0 Å². The molecule has 98 heavy (non-hydrogen) atoms. The minimum atomic E-state index is 0.748. The van der Waals surface area contributed by atoms with Crippen LogP contribution in [0, 0.1) is 0 Å². The Morgan fingerprint density at radius 2 is 0.469 bits per heavy atom. The summed E-state index contributed by atoms with van der Waals surface area (Å²) in [7, 11) is 0. The predicted molar refractivity (Wildman–Crippen MR) is 407 cm³/mol. The van der Waals surface area contributed by atoms with E-state index in [0.29, 0.717) is 0 Å². The van der Waals surface area contributed by atoms with Crippen LogP contribution < -0.4 is 10.6 Å². The van der Waals surface area contributed by atoms with Crippen LogP contribution in [-0.2, 0) is 0 Å². The summed E-state index contributed by atoms with van der Waals surface area (Å²) in [6.45, 7) is 0. The Kier molecular flexibility index (Phi) is 14.3. The molecule has 0 aliphatic heterocycles. The van der Waals surface area contributed by atoms with E-state index in [9.17, 15) is 0 Å². The van der Waals surface area contributed by atoms with Crippen molar-refractivity contribution in [2.24, 2.45) is 0 Å². The fourth-order valence-electron chi connectivity index (χ4n) is 14.1. The maximum Gasteiger partial charge on any atom is 0.143 e. The molecule has 0 aliphatic carbocycles. The van der Waals surface area contributed by atoms with Gasteiger partial charge in [0.05, 0.1) is 0 Å². The van der Waals surface area contributed by atoms with Crippen LogP contribution in [0.3, 0.4) is 0 Å². The van der Waals surface area contributed by atoms with Gasteiger partial charge in [-0.2, -0.15) is 0 Å². The van der Waals surface area contributed by atoms with Crippen LogP contribution in [0.4, 0.5) is 22.7 Å². The van der Waals surface area contributed by atoms with E-state index >= 15 is 0 Å². The molecule has 0 aliphatic rings. The lowest BCUT2D eigenvalue weighted by Crippen LogP contribution is -2.09. The first kappa shape index (κ1) is 57.8. The Hall–Kier alpha value is -12.8. The highest BCUT2D eigenvalue weighted by Crippen LogP contribution is 2.45. The van der Waals surface area contributed by atoms with E-state index < -0.39 is 0 Å². The number of anilines is 4. The first-order chi connectivity index (χ1) is 48.4. The topological polar surface area (TPSA) is 95.0 Å². The van der Waals surface area contributed by atoms with E-state index in [1.807, 2.05) is 146 Å². The van der Waals surface area contributed by atoms with E-state index in [0.717, 1.165) is 188 Å². The Bertz CT molecular complexity index is 6210. The largest absolute Gasteiger partial charge is 0.456 e. The standard InChI is InChI=1S/C54H33NO3.C18H11ClO.C18H13NO/c1-4-17-47-43(10-1)44-16-7-15-42(54(44)58-47)36-26-32-39(33-27-36)55(37-28-22-34(23-29-37)40-13-8-20-50-52(40)45-11-2-5-18-48(45)56-50)38-30-24-35(25-31-38)41-14-9-21-51-53(41)46-12-3-6-19-49(46)57-51;19-13-10-8-12(9-11-13)14-5-3-7-17-18(14)15-4-1-2-6-16(15)20-17;19-13-10-8-12(9-11-13)14-5-3-6-16-15-4-1-2-7-17(15)20-18(14)16/h1-33H;1-11H;1-11H,19H2. The number of halogens is 1. The minimum absolute atomic E-state index is 0.748. The quantitative estimate of drug-likeness (QED) is 0.151. The molecule has 0 fully saturated rings. The van der Waals surface area contributed by atoms with Crippen LogP contribution in [0.2, 0.25) is 5.02 Å². The summed E-state index contributed by atoms with van der Waals surface area (Å²) in [5.74, 6) is 0. The molecular formula is C90H57ClN2O5. The molecule has 5 heterocycles. The van der Waals surface area contributed by atoms with Crippen molar-refractivity contribution in [3.63, 3.8) is 0 Å². The van der Waals surface area contributed by atoms with Gasteiger partial charge in [-0.3, -0.25) is 0 Å². The van der Waals surface area contributed by atoms with Crippen LogP contribution in [0.25, 0.3) is 165 Å². The van der Waals surface area contributed by atoms with E-state index in [1.165, 1.54) is 5.56 Å². The first-order valence-corrected chi connectivity index (χ1v) is 33.0. The summed E-state index contributed by atoms with van der Waals surface area (Å²) < 4.78 is 30.8.